The molecule has 0 spiro atoms. The Balaban J connectivity index is 2.57. The van der Waals surface area contributed by atoms with Gasteiger partial charge < -0.3 is 15.4 Å². The number of nitrogens with two attached hydrogens (primary N) is 1. The van der Waals surface area contributed by atoms with Crippen molar-refractivity contribution in [1.82, 2.24) is 4.90 Å². The molecule has 2 N–H and O–H groups in total. The Kier molecular flexibility index (Phi) is 4.55. The standard InChI is InChI=1S/C9H15F3N2O2/c10-9(11,12)6-14(3-2-13)8(15)7-1-4-16-5-7/h7H,1-6,13H2. The van der Waals surface area contributed by atoms with E-state index < -0.39 is 24.5 Å². The highest BCUT2D eigenvalue weighted by Gasteiger charge is 2.36. The summed E-state index contributed by atoms with van der Waals surface area (Å²) in [6.45, 7) is -0.652. The molecule has 1 fully saturated rings. The molecule has 0 aromatic heterocycles. The van der Waals surface area contributed by atoms with Crippen molar-refractivity contribution < 1.29 is 22.7 Å². The summed E-state index contributed by atoms with van der Waals surface area (Å²) in [7, 11) is 0. The molecule has 7 heteroatoms. The van der Waals surface area contributed by atoms with E-state index in [1.54, 1.807) is 0 Å². The van der Waals surface area contributed by atoms with E-state index in [-0.39, 0.29) is 19.7 Å². The lowest BCUT2D eigenvalue weighted by Crippen LogP contribution is -2.44. The zero-order valence-corrected chi connectivity index (χ0v) is 8.79. The van der Waals surface area contributed by atoms with E-state index in [0.29, 0.717) is 13.0 Å². The van der Waals surface area contributed by atoms with Gasteiger partial charge >= 0.3 is 6.18 Å². The number of halogens is 3. The van der Waals surface area contributed by atoms with Gasteiger partial charge in [-0.2, -0.15) is 13.2 Å². The predicted octanol–water partition coefficient (Wildman–Crippen LogP) is 0.372. The van der Waals surface area contributed by atoms with E-state index in [0.717, 1.165) is 4.90 Å². The zero-order valence-electron chi connectivity index (χ0n) is 8.79. The van der Waals surface area contributed by atoms with Crippen LogP contribution in [0.15, 0.2) is 0 Å². The SMILES string of the molecule is NCCN(CC(F)(F)F)C(=O)C1CCOC1. The molecule has 1 aliphatic heterocycles. The summed E-state index contributed by atoms with van der Waals surface area (Å²) in [4.78, 5) is 12.5. The molecule has 0 aromatic rings. The summed E-state index contributed by atoms with van der Waals surface area (Å²) >= 11 is 0. The third-order valence-corrected chi connectivity index (χ3v) is 2.36. The Hall–Kier alpha value is -0.820. The minimum absolute atomic E-state index is 0.0232. The van der Waals surface area contributed by atoms with Gasteiger partial charge in [-0.05, 0) is 6.42 Å². The van der Waals surface area contributed by atoms with Gasteiger partial charge in [0.1, 0.15) is 6.54 Å². The number of ether oxygens (including phenoxy) is 1. The summed E-state index contributed by atoms with van der Waals surface area (Å²) in [5.41, 5.74) is 5.19. The first-order chi connectivity index (χ1) is 7.44. The Morgan fingerprint density at radius 3 is 2.62 bits per heavy atom. The van der Waals surface area contributed by atoms with Gasteiger partial charge in [-0.15, -0.1) is 0 Å². The molecule has 1 saturated heterocycles. The smallest absolute Gasteiger partial charge is 0.381 e. The largest absolute Gasteiger partial charge is 0.406 e. The molecule has 0 radical (unpaired) electrons. The van der Waals surface area contributed by atoms with Crippen LogP contribution in [0.5, 0.6) is 0 Å². The first-order valence-electron chi connectivity index (χ1n) is 5.07. The molecule has 0 aromatic carbocycles. The van der Waals surface area contributed by atoms with E-state index in [1.807, 2.05) is 0 Å². The van der Waals surface area contributed by atoms with E-state index in [1.165, 1.54) is 0 Å². The molecule has 1 atom stereocenters. The topological polar surface area (TPSA) is 55.6 Å². The van der Waals surface area contributed by atoms with Gasteiger partial charge in [-0.1, -0.05) is 0 Å². The number of carbonyl (C=O) groups excluding carboxylic acids is 1. The highest BCUT2D eigenvalue weighted by atomic mass is 19.4. The molecular weight excluding hydrogens is 225 g/mol. The van der Waals surface area contributed by atoms with Crippen molar-refractivity contribution in [3.05, 3.63) is 0 Å². The summed E-state index contributed by atoms with van der Waals surface area (Å²) in [5, 5.41) is 0. The van der Waals surface area contributed by atoms with Gasteiger partial charge in [0.25, 0.3) is 0 Å². The maximum atomic E-state index is 12.2. The second kappa shape index (κ2) is 5.49. The maximum absolute atomic E-state index is 12.2. The lowest BCUT2D eigenvalue weighted by Gasteiger charge is -2.25. The Morgan fingerprint density at radius 1 is 1.50 bits per heavy atom. The first-order valence-corrected chi connectivity index (χ1v) is 5.07. The minimum atomic E-state index is -4.38. The van der Waals surface area contributed by atoms with Crippen LogP contribution in [-0.4, -0.2) is 49.8 Å². The molecular formula is C9H15F3N2O2. The number of hydrogen-bond acceptors (Lipinski definition) is 3. The monoisotopic (exact) mass is 240 g/mol. The molecule has 1 amide bonds. The highest BCUT2D eigenvalue weighted by Crippen LogP contribution is 2.20. The molecule has 1 unspecified atom stereocenters. The third-order valence-electron chi connectivity index (χ3n) is 2.36. The minimum Gasteiger partial charge on any atom is -0.381 e. The van der Waals surface area contributed by atoms with E-state index in [4.69, 9.17) is 10.5 Å². The van der Waals surface area contributed by atoms with Gasteiger partial charge in [-0.3, -0.25) is 4.79 Å². The quantitative estimate of drug-likeness (QED) is 0.772. The number of hydrogen-bond donors (Lipinski definition) is 1. The first kappa shape index (κ1) is 13.2. The molecule has 4 nitrogen and oxygen atoms in total. The normalized spacial score (nSPS) is 21.1. The fourth-order valence-electron chi connectivity index (χ4n) is 1.63. The van der Waals surface area contributed by atoms with Crippen molar-refractivity contribution >= 4 is 5.91 Å². The number of rotatable bonds is 4. The van der Waals surface area contributed by atoms with Gasteiger partial charge in [-0.25, -0.2) is 0 Å². The van der Waals surface area contributed by atoms with Crippen LogP contribution in [0, 0.1) is 5.92 Å². The van der Waals surface area contributed by atoms with Crippen LogP contribution < -0.4 is 5.73 Å². The van der Waals surface area contributed by atoms with E-state index in [2.05, 4.69) is 0 Å². The molecule has 0 bridgehead atoms. The average Bonchev–Trinajstić information content (AvgIpc) is 2.66. The summed E-state index contributed by atoms with van der Waals surface area (Å²) in [5.74, 6) is -0.964. The zero-order chi connectivity index (χ0) is 12.2. The number of nitrogens with zero attached hydrogens (tertiary/aromatic N) is 1. The van der Waals surface area contributed by atoms with Crippen LogP contribution in [-0.2, 0) is 9.53 Å². The Bertz CT molecular complexity index is 239. The molecule has 94 valence electrons. The van der Waals surface area contributed by atoms with Crippen LogP contribution >= 0.6 is 0 Å². The molecule has 1 aliphatic rings. The summed E-state index contributed by atoms with van der Waals surface area (Å²) in [6, 6.07) is 0. The summed E-state index contributed by atoms with van der Waals surface area (Å²) in [6.07, 6.45) is -3.90. The third kappa shape index (κ3) is 3.97. The Labute approximate surface area is 91.5 Å². The molecule has 0 aliphatic carbocycles. The second-order valence-corrected chi connectivity index (χ2v) is 3.72. The van der Waals surface area contributed by atoms with Gasteiger partial charge in [0.2, 0.25) is 5.91 Å². The van der Waals surface area contributed by atoms with Crippen molar-refractivity contribution in [2.24, 2.45) is 11.7 Å². The number of carbonyl (C=O) groups is 1. The van der Waals surface area contributed by atoms with Crippen molar-refractivity contribution in [2.75, 3.05) is 32.8 Å². The van der Waals surface area contributed by atoms with Crippen molar-refractivity contribution in [3.8, 4) is 0 Å². The maximum Gasteiger partial charge on any atom is 0.406 e. The number of alkyl halides is 3. The van der Waals surface area contributed by atoms with Crippen LogP contribution in [0.25, 0.3) is 0 Å². The fourth-order valence-corrected chi connectivity index (χ4v) is 1.63. The van der Waals surface area contributed by atoms with Gasteiger partial charge in [0.05, 0.1) is 12.5 Å². The van der Waals surface area contributed by atoms with Crippen molar-refractivity contribution in [3.63, 3.8) is 0 Å². The van der Waals surface area contributed by atoms with Crippen molar-refractivity contribution in [1.29, 1.82) is 0 Å². The van der Waals surface area contributed by atoms with Crippen LogP contribution in [0.2, 0.25) is 0 Å². The fraction of sp³-hybridized carbons (Fsp3) is 0.889. The van der Waals surface area contributed by atoms with Crippen LogP contribution in [0.1, 0.15) is 6.42 Å². The summed E-state index contributed by atoms with van der Waals surface area (Å²) < 4.78 is 41.6. The van der Waals surface area contributed by atoms with Gasteiger partial charge in [0.15, 0.2) is 0 Å². The Morgan fingerprint density at radius 2 is 2.19 bits per heavy atom. The van der Waals surface area contributed by atoms with E-state index >= 15 is 0 Å². The molecule has 0 saturated carbocycles. The average molecular weight is 240 g/mol. The lowest BCUT2D eigenvalue weighted by atomic mass is 10.1. The van der Waals surface area contributed by atoms with Gasteiger partial charge in [0, 0.05) is 19.7 Å². The highest BCUT2D eigenvalue weighted by molar-refractivity contribution is 5.79. The second-order valence-electron chi connectivity index (χ2n) is 3.72. The molecule has 16 heavy (non-hydrogen) atoms. The van der Waals surface area contributed by atoms with Crippen LogP contribution in [0.3, 0.4) is 0 Å². The lowest BCUT2D eigenvalue weighted by molar-refractivity contribution is -0.163. The van der Waals surface area contributed by atoms with Crippen LogP contribution in [0.4, 0.5) is 13.2 Å². The predicted molar refractivity (Wildman–Crippen MR) is 50.6 cm³/mol. The molecule has 1 heterocycles. The number of amides is 1. The molecule has 1 rings (SSSR count). The van der Waals surface area contributed by atoms with E-state index in [9.17, 15) is 18.0 Å². The van der Waals surface area contributed by atoms with Crippen molar-refractivity contribution in [2.45, 2.75) is 12.6 Å².